The van der Waals surface area contributed by atoms with Gasteiger partial charge in [-0.25, -0.2) is 0 Å². The highest BCUT2D eigenvalue weighted by molar-refractivity contribution is 8.76. The molecule has 10 nitrogen and oxygen atoms in total. The molecule has 2 amide bonds. The molecule has 0 aromatic carbocycles. The van der Waals surface area contributed by atoms with E-state index >= 15 is 0 Å². The van der Waals surface area contributed by atoms with Crippen molar-refractivity contribution in [2.75, 3.05) is 31.2 Å². The number of ether oxygens (including phenoxy) is 3. The molecule has 0 aliphatic carbocycles. The van der Waals surface area contributed by atoms with Gasteiger partial charge in [0, 0.05) is 26.5 Å². The molecule has 1 aliphatic rings. The summed E-state index contributed by atoms with van der Waals surface area (Å²) in [7, 11) is 4.80. The van der Waals surface area contributed by atoms with Crippen LogP contribution >= 0.6 is 21.6 Å². The number of carbonyl (C=O) groups is 2. The van der Waals surface area contributed by atoms with E-state index in [1.165, 1.54) is 21.0 Å². The Labute approximate surface area is 206 Å². The normalized spacial score (nSPS) is 19.5. The maximum Gasteiger partial charge on any atom is 0.234 e. The highest BCUT2D eigenvalue weighted by Gasteiger charge is 2.37. The summed E-state index contributed by atoms with van der Waals surface area (Å²) in [6.45, 7) is 5.10. The second-order valence-electron chi connectivity index (χ2n) is 7.48. The fraction of sp³-hybridized carbons (Fsp3) is 0.545. The summed E-state index contributed by atoms with van der Waals surface area (Å²) >= 11 is 0. The van der Waals surface area contributed by atoms with E-state index in [0.717, 1.165) is 6.42 Å². The van der Waals surface area contributed by atoms with Crippen LogP contribution in [0.25, 0.3) is 11.0 Å². The molecule has 2 aromatic heterocycles. The Morgan fingerprint density at radius 2 is 2.12 bits per heavy atom. The van der Waals surface area contributed by atoms with Gasteiger partial charge in [0.15, 0.2) is 5.65 Å². The van der Waals surface area contributed by atoms with Crippen molar-refractivity contribution in [3.8, 4) is 17.7 Å². The molecule has 12 heteroatoms. The number of nitrogens with zero attached hydrogens (tertiary/aromatic N) is 3. The Morgan fingerprint density at radius 3 is 2.76 bits per heavy atom. The van der Waals surface area contributed by atoms with Gasteiger partial charge >= 0.3 is 0 Å². The van der Waals surface area contributed by atoms with Crippen LogP contribution in [-0.4, -0.2) is 64.4 Å². The lowest BCUT2D eigenvalue weighted by Gasteiger charge is -2.16. The predicted molar refractivity (Wildman–Crippen MR) is 134 cm³/mol. The largest absolute Gasteiger partial charge is 0.480 e. The van der Waals surface area contributed by atoms with Crippen molar-refractivity contribution in [3.63, 3.8) is 0 Å². The van der Waals surface area contributed by atoms with Gasteiger partial charge in [-0.15, -0.1) is 0 Å². The number of methoxy groups -OCH3 is 1. The highest BCUT2D eigenvalue weighted by atomic mass is 33.1. The molecule has 1 fully saturated rings. The molecule has 0 bridgehead atoms. The van der Waals surface area contributed by atoms with Gasteiger partial charge in [0.25, 0.3) is 0 Å². The van der Waals surface area contributed by atoms with Crippen molar-refractivity contribution in [2.45, 2.75) is 52.0 Å². The van der Waals surface area contributed by atoms with E-state index in [1.807, 2.05) is 17.0 Å². The molecular formula is C22H29N5O5S2. The van der Waals surface area contributed by atoms with Crippen LogP contribution in [0.5, 0.6) is 5.88 Å². The standard InChI is InChI=1S/C22H29N5O5S2/c1-6-16-17(31-12-34-33-5)10-18(32-16)27-11-15(8-7-9-23-13(2)28)19-20(27)25-22(24-14(3)29)26-21(19)30-4/h11,16-18H,6,9-10,12H2,1-5H3,(H,23,28)(H,24,25,26,29)/t16-,17-,18-/m1/s1. The summed E-state index contributed by atoms with van der Waals surface area (Å²) in [6.07, 6.45) is 4.85. The summed E-state index contributed by atoms with van der Waals surface area (Å²) in [6, 6.07) is 0. The lowest BCUT2D eigenvalue weighted by molar-refractivity contribution is -0.118. The molecule has 0 unspecified atom stereocenters. The number of amides is 2. The predicted octanol–water partition coefficient (Wildman–Crippen LogP) is 2.94. The first-order valence-corrected chi connectivity index (χ1v) is 13.5. The number of fused-ring (bicyclic) bond motifs is 1. The van der Waals surface area contributed by atoms with Crippen LogP contribution in [-0.2, 0) is 19.1 Å². The van der Waals surface area contributed by atoms with Crippen LogP contribution in [0.3, 0.4) is 0 Å². The van der Waals surface area contributed by atoms with Crippen molar-refractivity contribution in [3.05, 3.63) is 11.8 Å². The minimum absolute atomic E-state index is 0.0556. The summed E-state index contributed by atoms with van der Waals surface area (Å²) < 4.78 is 19.8. The second kappa shape index (κ2) is 12.3. The van der Waals surface area contributed by atoms with Gasteiger partial charge in [0.05, 0.1) is 36.8 Å². The van der Waals surface area contributed by atoms with Gasteiger partial charge in [-0.2, -0.15) is 9.97 Å². The Balaban J connectivity index is 2.03. The van der Waals surface area contributed by atoms with Crippen molar-refractivity contribution in [1.29, 1.82) is 0 Å². The number of anilines is 1. The zero-order chi connectivity index (χ0) is 24.7. The zero-order valence-electron chi connectivity index (χ0n) is 19.8. The van der Waals surface area contributed by atoms with E-state index < -0.39 is 0 Å². The number of aromatic nitrogens is 3. The third-order valence-corrected chi connectivity index (χ3v) is 6.57. The number of hydrogen-bond donors (Lipinski definition) is 2. The molecule has 2 aromatic rings. The number of hydrogen-bond acceptors (Lipinski definition) is 9. The smallest absolute Gasteiger partial charge is 0.234 e. The topological polar surface area (TPSA) is 117 Å². The van der Waals surface area contributed by atoms with Crippen LogP contribution in [0.2, 0.25) is 0 Å². The third kappa shape index (κ3) is 6.35. The van der Waals surface area contributed by atoms with Crippen molar-refractivity contribution >= 4 is 50.4 Å². The quantitative estimate of drug-likeness (QED) is 0.229. The van der Waals surface area contributed by atoms with Crippen LogP contribution in [0, 0.1) is 11.8 Å². The van der Waals surface area contributed by atoms with Crippen LogP contribution < -0.4 is 15.4 Å². The maximum absolute atomic E-state index is 11.6. The molecule has 0 saturated carbocycles. The van der Waals surface area contributed by atoms with Crippen LogP contribution in [0.15, 0.2) is 6.20 Å². The van der Waals surface area contributed by atoms with E-state index in [1.54, 1.807) is 21.6 Å². The maximum atomic E-state index is 11.6. The fourth-order valence-electron chi connectivity index (χ4n) is 3.67. The SMILES string of the molecule is CC[C@H]1O[C@@H](n2cc(C#CCNC(C)=O)c3c(OC)nc(NC(C)=O)nc32)C[C@H]1OCSSC. The van der Waals surface area contributed by atoms with Crippen LogP contribution in [0.4, 0.5) is 5.95 Å². The molecule has 3 rings (SSSR count). The molecule has 34 heavy (non-hydrogen) atoms. The van der Waals surface area contributed by atoms with Gasteiger partial charge in [-0.1, -0.05) is 40.4 Å². The molecule has 3 heterocycles. The van der Waals surface area contributed by atoms with Gasteiger partial charge in [-0.05, 0) is 12.7 Å². The Morgan fingerprint density at radius 1 is 1.32 bits per heavy atom. The lowest BCUT2D eigenvalue weighted by Crippen LogP contribution is -2.23. The highest BCUT2D eigenvalue weighted by Crippen LogP contribution is 2.38. The Kier molecular flexibility index (Phi) is 9.46. The zero-order valence-corrected chi connectivity index (χ0v) is 21.5. The van der Waals surface area contributed by atoms with Crippen LogP contribution in [0.1, 0.15) is 45.4 Å². The van der Waals surface area contributed by atoms with E-state index in [9.17, 15) is 9.59 Å². The van der Waals surface area contributed by atoms with E-state index in [2.05, 4.69) is 39.4 Å². The Hall–Kier alpha value is -2.46. The lowest BCUT2D eigenvalue weighted by atomic mass is 10.1. The first kappa shape index (κ1) is 26.2. The number of nitrogens with one attached hydrogen (secondary N) is 2. The molecule has 184 valence electrons. The number of rotatable bonds is 9. The molecule has 1 aliphatic heterocycles. The number of carbonyl (C=O) groups excluding carboxylic acids is 2. The third-order valence-electron chi connectivity index (χ3n) is 5.11. The average molecular weight is 508 g/mol. The van der Waals surface area contributed by atoms with E-state index in [4.69, 9.17) is 14.2 Å². The van der Waals surface area contributed by atoms with Gasteiger partial charge < -0.3 is 24.1 Å². The van der Waals surface area contributed by atoms with Gasteiger partial charge in [0.2, 0.25) is 23.6 Å². The van der Waals surface area contributed by atoms with Crippen molar-refractivity contribution < 1.29 is 23.8 Å². The minimum Gasteiger partial charge on any atom is -0.480 e. The molecule has 0 spiro atoms. The summed E-state index contributed by atoms with van der Waals surface area (Å²) in [4.78, 5) is 31.7. The first-order valence-electron chi connectivity index (χ1n) is 10.8. The van der Waals surface area contributed by atoms with E-state index in [0.29, 0.717) is 29.0 Å². The van der Waals surface area contributed by atoms with E-state index in [-0.39, 0.29) is 48.6 Å². The summed E-state index contributed by atoms with van der Waals surface area (Å²) in [5.41, 5.74) is 1.16. The minimum atomic E-state index is -0.340. The van der Waals surface area contributed by atoms with Gasteiger partial charge in [-0.3, -0.25) is 14.9 Å². The summed E-state index contributed by atoms with van der Waals surface area (Å²) in [5.74, 6) is 6.55. The van der Waals surface area contributed by atoms with Gasteiger partial charge in [0.1, 0.15) is 12.2 Å². The Bertz CT molecular complexity index is 1100. The van der Waals surface area contributed by atoms with Crippen molar-refractivity contribution in [1.82, 2.24) is 19.9 Å². The molecule has 1 saturated heterocycles. The summed E-state index contributed by atoms with van der Waals surface area (Å²) in [5, 5.41) is 5.87. The fourth-order valence-corrected chi connectivity index (χ4v) is 4.45. The second-order valence-corrected chi connectivity index (χ2v) is 9.99. The molecule has 3 atom stereocenters. The average Bonchev–Trinajstić information content (AvgIpc) is 3.37. The monoisotopic (exact) mass is 507 g/mol. The molecular weight excluding hydrogens is 478 g/mol. The first-order chi connectivity index (χ1) is 16.4. The molecule has 2 N–H and O–H groups in total. The molecule has 0 radical (unpaired) electrons. The van der Waals surface area contributed by atoms with Crippen molar-refractivity contribution in [2.24, 2.45) is 0 Å².